The first kappa shape index (κ1) is 15.5. The molecule has 0 aliphatic carbocycles. The van der Waals surface area contributed by atoms with Gasteiger partial charge in [0.2, 0.25) is 5.91 Å². The summed E-state index contributed by atoms with van der Waals surface area (Å²) in [6.45, 7) is -0.161. The Hall–Kier alpha value is -2.84. The molecule has 0 aromatic heterocycles. The molecule has 0 heterocycles. The van der Waals surface area contributed by atoms with Gasteiger partial charge in [-0.15, -0.1) is 0 Å². The number of carbonyl (C=O) groups excluding carboxylic acids is 2. The number of carbonyl (C=O) groups is 2. The summed E-state index contributed by atoms with van der Waals surface area (Å²) in [5.74, 6) is -0.738. The molecule has 0 saturated carbocycles. The van der Waals surface area contributed by atoms with Gasteiger partial charge >= 0.3 is 0 Å². The van der Waals surface area contributed by atoms with Crippen LogP contribution in [0.4, 0.5) is 5.69 Å². The van der Waals surface area contributed by atoms with Gasteiger partial charge in [-0.05, 0) is 42.5 Å². The van der Waals surface area contributed by atoms with Crippen LogP contribution < -0.4 is 10.6 Å². The van der Waals surface area contributed by atoms with Crippen molar-refractivity contribution in [2.45, 2.75) is 0 Å². The van der Waals surface area contributed by atoms with Gasteiger partial charge in [-0.3, -0.25) is 9.59 Å². The number of anilines is 1. The van der Waals surface area contributed by atoms with E-state index in [9.17, 15) is 9.59 Å². The number of rotatable bonds is 4. The maximum absolute atomic E-state index is 11.9. The molecule has 0 unspecified atom stereocenters. The summed E-state index contributed by atoms with van der Waals surface area (Å²) in [5.41, 5.74) is 1.45. The fraction of sp³-hybridized carbons (Fsp3) is 0.0625. The monoisotopic (exact) mass is 313 g/mol. The maximum Gasteiger partial charge on any atom is 0.251 e. The summed E-state index contributed by atoms with van der Waals surface area (Å²) in [4.78, 5) is 23.6. The summed E-state index contributed by atoms with van der Waals surface area (Å²) in [5, 5.41) is 14.3. The molecule has 0 spiro atoms. The Kier molecular flexibility index (Phi) is 5.12. The van der Waals surface area contributed by atoms with Crippen molar-refractivity contribution in [2.24, 2.45) is 0 Å². The number of nitrogens with zero attached hydrogens (tertiary/aromatic N) is 1. The summed E-state index contributed by atoms with van der Waals surface area (Å²) < 4.78 is 0. The van der Waals surface area contributed by atoms with Crippen molar-refractivity contribution in [1.82, 2.24) is 5.32 Å². The summed E-state index contributed by atoms with van der Waals surface area (Å²) >= 11 is 5.80. The second-order valence-corrected chi connectivity index (χ2v) is 4.87. The number of benzene rings is 2. The Labute approximate surface area is 132 Å². The molecule has 6 heteroatoms. The Morgan fingerprint density at radius 2 is 1.86 bits per heavy atom. The predicted octanol–water partition coefficient (Wildman–Crippen LogP) is 2.58. The first-order valence-corrected chi connectivity index (χ1v) is 6.80. The van der Waals surface area contributed by atoms with E-state index in [1.165, 1.54) is 6.07 Å². The molecule has 0 fully saturated rings. The van der Waals surface area contributed by atoms with Crippen LogP contribution >= 0.6 is 11.6 Å². The van der Waals surface area contributed by atoms with E-state index in [2.05, 4.69) is 10.6 Å². The second-order valence-electron chi connectivity index (χ2n) is 4.43. The third-order valence-electron chi connectivity index (χ3n) is 2.79. The van der Waals surface area contributed by atoms with Gasteiger partial charge in [0.15, 0.2) is 0 Å². The second kappa shape index (κ2) is 7.25. The minimum Gasteiger partial charge on any atom is -0.343 e. The summed E-state index contributed by atoms with van der Waals surface area (Å²) in [6.07, 6.45) is 0. The number of nitrogens with one attached hydrogen (secondary N) is 2. The van der Waals surface area contributed by atoms with Gasteiger partial charge in [-0.1, -0.05) is 17.7 Å². The number of hydrogen-bond acceptors (Lipinski definition) is 3. The lowest BCUT2D eigenvalue weighted by Crippen LogP contribution is -2.32. The highest BCUT2D eigenvalue weighted by Crippen LogP contribution is 2.10. The zero-order chi connectivity index (χ0) is 15.9. The van der Waals surface area contributed by atoms with Crippen LogP contribution in [0, 0.1) is 11.3 Å². The van der Waals surface area contributed by atoms with Crippen molar-refractivity contribution in [3.63, 3.8) is 0 Å². The topological polar surface area (TPSA) is 82.0 Å². The van der Waals surface area contributed by atoms with Crippen LogP contribution in [-0.4, -0.2) is 18.4 Å². The lowest BCUT2D eigenvalue weighted by atomic mass is 10.2. The van der Waals surface area contributed by atoms with Crippen molar-refractivity contribution in [1.29, 1.82) is 5.26 Å². The normalized spacial score (nSPS) is 9.64. The van der Waals surface area contributed by atoms with E-state index in [1.54, 1.807) is 42.5 Å². The molecule has 5 nitrogen and oxygen atoms in total. The first-order chi connectivity index (χ1) is 10.6. The average Bonchev–Trinajstić information content (AvgIpc) is 2.53. The van der Waals surface area contributed by atoms with Crippen molar-refractivity contribution in [3.8, 4) is 6.07 Å². The first-order valence-electron chi connectivity index (χ1n) is 6.42. The van der Waals surface area contributed by atoms with Crippen LogP contribution in [0.2, 0.25) is 5.02 Å². The fourth-order valence-electron chi connectivity index (χ4n) is 1.73. The summed E-state index contributed by atoms with van der Waals surface area (Å²) in [7, 11) is 0. The minimum atomic E-state index is -0.377. The minimum absolute atomic E-state index is 0.161. The number of amides is 2. The van der Waals surface area contributed by atoms with Crippen molar-refractivity contribution >= 4 is 29.1 Å². The molecule has 2 amide bonds. The Morgan fingerprint density at radius 1 is 1.14 bits per heavy atom. The van der Waals surface area contributed by atoms with Crippen LogP contribution in [0.3, 0.4) is 0 Å². The van der Waals surface area contributed by atoms with Crippen molar-refractivity contribution in [3.05, 3.63) is 64.7 Å². The van der Waals surface area contributed by atoms with Crippen LogP contribution in [-0.2, 0) is 4.79 Å². The molecule has 2 N–H and O–H groups in total. The molecule has 110 valence electrons. The van der Waals surface area contributed by atoms with Gasteiger partial charge in [0, 0.05) is 16.3 Å². The highest BCUT2D eigenvalue weighted by atomic mass is 35.5. The highest BCUT2D eigenvalue weighted by Gasteiger charge is 2.08. The highest BCUT2D eigenvalue weighted by molar-refractivity contribution is 6.31. The molecule has 0 bridgehead atoms. The fourth-order valence-corrected chi connectivity index (χ4v) is 1.92. The largest absolute Gasteiger partial charge is 0.343 e. The molecule has 0 atom stereocenters. The van der Waals surface area contributed by atoms with Crippen LogP contribution in [0.1, 0.15) is 15.9 Å². The predicted molar refractivity (Wildman–Crippen MR) is 83.6 cm³/mol. The van der Waals surface area contributed by atoms with Crippen molar-refractivity contribution in [2.75, 3.05) is 11.9 Å². The smallest absolute Gasteiger partial charge is 0.251 e. The summed E-state index contributed by atoms with van der Waals surface area (Å²) in [6, 6.07) is 14.9. The molecule has 0 radical (unpaired) electrons. The van der Waals surface area contributed by atoms with E-state index in [-0.39, 0.29) is 18.4 Å². The van der Waals surface area contributed by atoms with Gasteiger partial charge in [0.25, 0.3) is 5.91 Å². The molecule has 0 aliphatic rings. The molecule has 0 saturated heterocycles. The van der Waals surface area contributed by atoms with Crippen molar-refractivity contribution < 1.29 is 9.59 Å². The van der Waals surface area contributed by atoms with E-state index < -0.39 is 0 Å². The quantitative estimate of drug-likeness (QED) is 0.910. The molecule has 2 aromatic rings. The molecule has 2 aromatic carbocycles. The molecule has 2 rings (SSSR count). The Balaban J connectivity index is 1.87. The number of nitriles is 1. The zero-order valence-electron chi connectivity index (χ0n) is 11.5. The third kappa shape index (κ3) is 4.33. The number of hydrogen-bond donors (Lipinski definition) is 2. The zero-order valence-corrected chi connectivity index (χ0v) is 12.2. The standard InChI is InChI=1S/C16H12ClN3O2/c17-13-3-1-2-12(8-13)16(22)19-10-15(21)20-14-6-4-11(9-18)5-7-14/h1-8H,10H2,(H,19,22)(H,20,21). The van der Waals surface area contributed by atoms with E-state index in [0.29, 0.717) is 21.8 Å². The van der Waals surface area contributed by atoms with Crippen LogP contribution in [0.5, 0.6) is 0 Å². The third-order valence-corrected chi connectivity index (χ3v) is 3.03. The maximum atomic E-state index is 11.9. The van der Waals surface area contributed by atoms with Gasteiger partial charge in [0.1, 0.15) is 0 Å². The average molecular weight is 314 g/mol. The number of halogens is 1. The van der Waals surface area contributed by atoms with Gasteiger partial charge in [0.05, 0.1) is 18.2 Å². The Bertz CT molecular complexity index is 736. The lowest BCUT2D eigenvalue weighted by molar-refractivity contribution is -0.115. The van der Waals surface area contributed by atoms with E-state index in [0.717, 1.165) is 0 Å². The molecular formula is C16H12ClN3O2. The van der Waals surface area contributed by atoms with E-state index in [4.69, 9.17) is 16.9 Å². The van der Waals surface area contributed by atoms with Crippen LogP contribution in [0.15, 0.2) is 48.5 Å². The SMILES string of the molecule is N#Cc1ccc(NC(=O)CNC(=O)c2cccc(Cl)c2)cc1. The van der Waals surface area contributed by atoms with Crippen LogP contribution in [0.25, 0.3) is 0 Å². The van der Waals surface area contributed by atoms with Gasteiger partial charge < -0.3 is 10.6 Å². The molecule has 0 aliphatic heterocycles. The molecular weight excluding hydrogens is 302 g/mol. The lowest BCUT2D eigenvalue weighted by Gasteiger charge is -2.07. The van der Waals surface area contributed by atoms with Gasteiger partial charge in [-0.2, -0.15) is 5.26 Å². The van der Waals surface area contributed by atoms with E-state index >= 15 is 0 Å². The Morgan fingerprint density at radius 3 is 2.50 bits per heavy atom. The van der Waals surface area contributed by atoms with E-state index in [1.807, 2.05) is 6.07 Å². The molecule has 22 heavy (non-hydrogen) atoms. The van der Waals surface area contributed by atoms with Gasteiger partial charge in [-0.25, -0.2) is 0 Å².